The van der Waals surface area contributed by atoms with Crippen molar-refractivity contribution in [1.29, 1.82) is 0 Å². The van der Waals surface area contributed by atoms with Gasteiger partial charge in [0.05, 0.1) is 35.5 Å². The van der Waals surface area contributed by atoms with Gasteiger partial charge in [0.2, 0.25) is 0 Å². The summed E-state index contributed by atoms with van der Waals surface area (Å²) < 4.78 is 27.4. The first-order chi connectivity index (χ1) is 13.0. The highest BCUT2D eigenvalue weighted by Crippen LogP contribution is 2.29. The molecule has 27 heavy (non-hydrogen) atoms. The van der Waals surface area contributed by atoms with E-state index in [0.717, 1.165) is 0 Å². The molecular weight excluding hydrogens is 370 g/mol. The van der Waals surface area contributed by atoms with E-state index in [9.17, 15) is 13.8 Å². The summed E-state index contributed by atoms with van der Waals surface area (Å²) in [5, 5.41) is 2.61. The summed E-state index contributed by atoms with van der Waals surface area (Å²) in [5.41, 5.74) is 0.665. The minimum atomic E-state index is -1.30. The van der Waals surface area contributed by atoms with Crippen LogP contribution in [-0.2, 0) is 20.3 Å². The van der Waals surface area contributed by atoms with Crippen LogP contribution in [0.2, 0.25) is 0 Å². The van der Waals surface area contributed by atoms with E-state index >= 15 is 0 Å². The normalized spacial score (nSPS) is 11.4. The zero-order chi connectivity index (χ0) is 19.8. The van der Waals surface area contributed by atoms with Gasteiger partial charge in [0.15, 0.2) is 18.1 Å². The Hall–Kier alpha value is -2.87. The Morgan fingerprint density at radius 1 is 1.04 bits per heavy atom. The number of hydrogen-bond donors (Lipinski definition) is 1. The molecule has 1 atom stereocenters. The summed E-state index contributed by atoms with van der Waals surface area (Å²) >= 11 is 0. The maximum atomic E-state index is 12.3. The van der Waals surface area contributed by atoms with E-state index in [1.165, 1.54) is 20.3 Å². The third-order valence-corrected chi connectivity index (χ3v) is 4.99. The average Bonchev–Trinajstić information content (AvgIpc) is 2.71. The van der Waals surface area contributed by atoms with Gasteiger partial charge in [-0.25, -0.2) is 4.79 Å². The molecule has 0 bridgehead atoms. The number of carbonyl (C=O) groups is 2. The minimum Gasteiger partial charge on any atom is -0.493 e. The van der Waals surface area contributed by atoms with Gasteiger partial charge in [-0.3, -0.25) is 9.00 Å². The van der Waals surface area contributed by atoms with Gasteiger partial charge in [0, 0.05) is 17.5 Å². The fraction of sp³-hybridized carbons (Fsp3) is 0.263. The van der Waals surface area contributed by atoms with E-state index < -0.39 is 29.3 Å². The Labute approximate surface area is 160 Å². The van der Waals surface area contributed by atoms with Crippen LogP contribution < -0.4 is 14.8 Å². The number of benzene rings is 2. The first-order valence-corrected chi connectivity index (χ1v) is 9.48. The molecule has 2 aromatic rings. The van der Waals surface area contributed by atoms with Crippen molar-refractivity contribution in [2.24, 2.45) is 0 Å². The van der Waals surface area contributed by atoms with Crippen LogP contribution in [0.1, 0.15) is 17.3 Å². The van der Waals surface area contributed by atoms with E-state index in [0.29, 0.717) is 27.8 Å². The Morgan fingerprint density at radius 3 is 2.41 bits per heavy atom. The van der Waals surface area contributed by atoms with Crippen LogP contribution in [0.4, 0.5) is 5.69 Å². The van der Waals surface area contributed by atoms with Crippen molar-refractivity contribution in [1.82, 2.24) is 0 Å². The number of ether oxygens (including phenoxy) is 3. The molecule has 0 spiro atoms. The zero-order valence-electron chi connectivity index (χ0n) is 15.3. The molecule has 1 amide bonds. The van der Waals surface area contributed by atoms with Crippen molar-refractivity contribution in [3.05, 3.63) is 48.0 Å². The Balaban J connectivity index is 2.00. The smallest absolute Gasteiger partial charge is 0.339 e. The van der Waals surface area contributed by atoms with Gasteiger partial charge < -0.3 is 19.5 Å². The molecule has 1 N–H and O–H groups in total. The predicted octanol–water partition coefficient (Wildman–Crippen LogP) is 2.63. The molecule has 0 aliphatic carbocycles. The van der Waals surface area contributed by atoms with Crippen molar-refractivity contribution >= 4 is 28.4 Å². The molecule has 7 nitrogen and oxygen atoms in total. The van der Waals surface area contributed by atoms with Crippen LogP contribution in [-0.4, -0.2) is 42.7 Å². The molecule has 0 saturated heterocycles. The van der Waals surface area contributed by atoms with Gasteiger partial charge in [-0.1, -0.05) is 19.1 Å². The van der Waals surface area contributed by atoms with Gasteiger partial charge in [-0.05, 0) is 24.3 Å². The second-order valence-electron chi connectivity index (χ2n) is 5.32. The van der Waals surface area contributed by atoms with Crippen molar-refractivity contribution in [2.75, 3.05) is 31.9 Å². The molecule has 2 aromatic carbocycles. The lowest BCUT2D eigenvalue weighted by Gasteiger charge is -2.11. The van der Waals surface area contributed by atoms with Gasteiger partial charge >= 0.3 is 5.97 Å². The highest BCUT2D eigenvalue weighted by molar-refractivity contribution is 7.85. The number of anilines is 1. The number of carbonyl (C=O) groups excluding carboxylic acids is 2. The molecule has 0 aliphatic heterocycles. The van der Waals surface area contributed by atoms with Gasteiger partial charge in [-0.15, -0.1) is 0 Å². The summed E-state index contributed by atoms with van der Waals surface area (Å²) in [7, 11) is 1.70. The summed E-state index contributed by atoms with van der Waals surface area (Å²) in [4.78, 5) is 24.7. The van der Waals surface area contributed by atoms with Gasteiger partial charge in [0.1, 0.15) is 0 Å². The standard InChI is InChI=1S/C19H21NO6S/c1-4-27(23)17-8-6-5-7-14(17)19(22)26-12-18(21)20-13-9-10-15(24-2)16(11-13)25-3/h5-11H,4,12H2,1-3H3,(H,20,21)/t27-/m0/s1. The summed E-state index contributed by atoms with van der Waals surface area (Å²) in [6, 6.07) is 11.4. The maximum Gasteiger partial charge on any atom is 0.339 e. The van der Waals surface area contributed by atoms with E-state index in [-0.39, 0.29) is 5.56 Å². The molecule has 0 unspecified atom stereocenters. The number of rotatable bonds is 8. The fourth-order valence-electron chi connectivity index (χ4n) is 2.31. The van der Waals surface area contributed by atoms with Crippen LogP contribution >= 0.6 is 0 Å². The number of esters is 1. The second-order valence-corrected chi connectivity index (χ2v) is 7.03. The highest BCUT2D eigenvalue weighted by Gasteiger charge is 2.17. The Morgan fingerprint density at radius 2 is 1.74 bits per heavy atom. The van der Waals surface area contributed by atoms with Crippen LogP contribution in [0.3, 0.4) is 0 Å². The quantitative estimate of drug-likeness (QED) is 0.696. The lowest BCUT2D eigenvalue weighted by molar-refractivity contribution is -0.119. The number of hydrogen-bond acceptors (Lipinski definition) is 6. The van der Waals surface area contributed by atoms with Crippen molar-refractivity contribution in [2.45, 2.75) is 11.8 Å². The van der Waals surface area contributed by atoms with E-state index in [1.807, 2.05) is 0 Å². The zero-order valence-corrected chi connectivity index (χ0v) is 16.1. The number of nitrogens with one attached hydrogen (secondary N) is 1. The average molecular weight is 391 g/mol. The number of amides is 1. The molecule has 0 aliphatic rings. The fourth-order valence-corrected chi connectivity index (χ4v) is 3.25. The van der Waals surface area contributed by atoms with Crippen LogP contribution in [0.15, 0.2) is 47.4 Å². The molecule has 0 saturated carbocycles. The minimum absolute atomic E-state index is 0.191. The van der Waals surface area contributed by atoms with E-state index in [2.05, 4.69) is 5.32 Å². The molecule has 0 heterocycles. The topological polar surface area (TPSA) is 90.9 Å². The van der Waals surface area contributed by atoms with Crippen LogP contribution in [0.25, 0.3) is 0 Å². The van der Waals surface area contributed by atoms with Crippen molar-refractivity contribution in [3.8, 4) is 11.5 Å². The third kappa shape index (κ3) is 5.30. The third-order valence-electron chi connectivity index (χ3n) is 3.62. The summed E-state index contributed by atoms with van der Waals surface area (Å²) in [6.45, 7) is 1.29. The van der Waals surface area contributed by atoms with Gasteiger partial charge in [-0.2, -0.15) is 0 Å². The molecule has 0 radical (unpaired) electrons. The number of methoxy groups -OCH3 is 2. The molecule has 0 aromatic heterocycles. The lowest BCUT2D eigenvalue weighted by Crippen LogP contribution is -2.21. The van der Waals surface area contributed by atoms with E-state index in [1.54, 1.807) is 43.3 Å². The van der Waals surface area contributed by atoms with Crippen molar-refractivity contribution in [3.63, 3.8) is 0 Å². The maximum absolute atomic E-state index is 12.3. The van der Waals surface area contributed by atoms with Crippen LogP contribution in [0.5, 0.6) is 11.5 Å². The first kappa shape index (κ1) is 20.4. The summed E-state index contributed by atoms with van der Waals surface area (Å²) in [5.74, 6) is 0.162. The summed E-state index contributed by atoms with van der Waals surface area (Å²) in [6.07, 6.45) is 0. The molecule has 2 rings (SSSR count). The van der Waals surface area contributed by atoms with E-state index in [4.69, 9.17) is 14.2 Å². The molecule has 0 fully saturated rings. The second kappa shape index (κ2) is 9.72. The monoisotopic (exact) mass is 391 g/mol. The molecular formula is C19H21NO6S. The van der Waals surface area contributed by atoms with Crippen molar-refractivity contribution < 1.29 is 28.0 Å². The predicted molar refractivity (Wildman–Crippen MR) is 102 cm³/mol. The highest BCUT2D eigenvalue weighted by atomic mass is 32.2. The lowest BCUT2D eigenvalue weighted by atomic mass is 10.2. The SMILES string of the molecule is CC[S@](=O)c1ccccc1C(=O)OCC(=O)Nc1ccc(OC)c(OC)c1. The first-order valence-electron chi connectivity index (χ1n) is 8.16. The van der Waals surface area contributed by atoms with Crippen LogP contribution in [0, 0.1) is 0 Å². The Kier molecular flexibility index (Phi) is 7.36. The largest absolute Gasteiger partial charge is 0.493 e. The molecule has 8 heteroatoms. The molecule has 144 valence electrons. The Bertz CT molecular complexity index is 852. The van der Waals surface area contributed by atoms with Gasteiger partial charge in [0.25, 0.3) is 5.91 Å².